The summed E-state index contributed by atoms with van der Waals surface area (Å²) in [4.78, 5) is 31.4. The second-order valence-electron chi connectivity index (χ2n) is 5.66. The molecule has 0 spiro atoms. The first-order valence-electron chi connectivity index (χ1n) is 7.82. The summed E-state index contributed by atoms with van der Waals surface area (Å²) < 4.78 is 2.15. The number of hydrogen-bond acceptors (Lipinski definition) is 4. The Morgan fingerprint density at radius 3 is 2.67 bits per heavy atom. The molecule has 4 rings (SSSR count). The Labute approximate surface area is 166 Å². The zero-order chi connectivity index (χ0) is 19.0. The van der Waals surface area contributed by atoms with E-state index in [2.05, 4.69) is 36.3 Å². The van der Waals surface area contributed by atoms with Crippen LogP contribution in [0.4, 0.5) is 5.82 Å². The molecule has 0 radical (unpaired) electrons. The lowest BCUT2D eigenvalue weighted by molar-refractivity contribution is 0.102. The Kier molecular flexibility index (Phi) is 4.51. The molecular weight excluding hydrogens is 434 g/mol. The minimum atomic E-state index is -0.401. The Morgan fingerprint density at radius 2 is 1.93 bits per heavy atom. The van der Waals surface area contributed by atoms with Crippen LogP contribution in [0.3, 0.4) is 0 Å². The van der Waals surface area contributed by atoms with Gasteiger partial charge in [0.1, 0.15) is 5.82 Å². The van der Waals surface area contributed by atoms with Crippen LogP contribution in [0.5, 0.6) is 0 Å². The molecule has 0 aliphatic carbocycles. The van der Waals surface area contributed by atoms with Crippen LogP contribution in [0.15, 0.2) is 63.9 Å². The summed E-state index contributed by atoms with van der Waals surface area (Å²) in [7, 11) is 0. The summed E-state index contributed by atoms with van der Waals surface area (Å²) in [5, 5.41) is 7.68. The van der Waals surface area contributed by atoms with Crippen LogP contribution in [-0.4, -0.2) is 25.5 Å². The molecule has 134 valence electrons. The van der Waals surface area contributed by atoms with Gasteiger partial charge in [-0.2, -0.15) is 9.50 Å². The van der Waals surface area contributed by atoms with E-state index in [-0.39, 0.29) is 17.5 Å². The molecule has 0 bridgehead atoms. The fourth-order valence-electron chi connectivity index (χ4n) is 2.52. The highest BCUT2D eigenvalue weighted by atomic mass is 79.9. The number of amides is 1. The van der Waals surface area contributed by atoms with Gasteiger partial charge >= 0.3 is 0 Å². The van der Waals surface area contributed by atoms with Crippen LogP contribution in [0, 0.1) is 0 Å². The SMILES string of the molecule is O=C(Nc1cc(=O)[nH]c2nc(-c3ccc(Cl)cc3)nn12)c1cccc(Br)c1. The molecule has 2 aromatic heterocycles. The van der Waals surface area contributed by atoms with Crippen molar-refractivity contribution in [1.29, 1.82) is 0 Å². The number of hydrogen-bond donors (Lipinski definition) is 2. The third-order valence-corrected chi connectivity index (χ3v) is 4.51. The predicted octanol–water partition coefficient (Wildman–Crippen LogP) is 3.75. The predicted molar refractivity (Wildman–Crippen MR) is 106 cm³/mol. The summed E-state index contributed by atoms with van der Waals surface area (Å²) in [6.07, 6.45) is 0. The van der Waals surface area contributed by atoms with Crippen molar-refractivity contribution in [3.8, 4) is 11.4 Å². The molecule has 7 nitrogen and oxygen atoms in total. The third-order valence-electron chi connectivity index (χ3n) is 3.77. The Balaban J connectivity index is 1.75. The largest absolute Gasteiger partial charge is 0.306 e. The maximum absolute atomic E-state index is 12.5. The number of H-pyrrole nitrogens is 1. The van der Waals surface area contributed by atoms with Crippen LogP contribution < -0.4 is 10.9 Å². The number of aromatic amines is 1. The maximum Gasteiger partial charge on any atom is 0.256 e. The molecule has 0 aliphatic rings. The van der Waals surface area contributed by atoms with E-state index in [1.807, 2.05) is 6.07 Å². The number of halogens is 2. The van der Waals surface area contributed by atoms with E-state index >= 15 is 0 Å². The molecule has 0 saturated heterocycles. The van der Waals surface area contributed by atoms with Gasteiger partial charge in [-0.1, -0.05) is 33.6 Å². The quantitative estimate of drug-likeness (QED) is 0.503. The number of nitrogens with one attached hydrogen (secondary N) is 2. The molecule has 1 amide bonds. The monoisotopic (exact) mass is 443 g/mol. The molecule has 0 atom stereocenters. The Morgan fingerprint density at radius 1 is 1.15 bits per heavy atom. The molecular formula is C18H11BrClN5O2. The fourth-order valence-corrected chi connectivity index (χ4v) is 3.05. The molecule has 0 unspecified atom stereocenters. The molecule has 0 aliphatic heterocycles. The summed E-state index contributed by atoms with van der Waals surface area (Å²) in [6, 6.07) is 15.2. The van der Waals surface area contributed by atoms with Crippen molar-refractivity contribution in [2.75, 3.05) is 5.32 Å². The van der Waals surface area contributed by atoms with Crippen LogP contribution >= 0.6 is 27.5 Å². The van der Waals surface area contributed by atoms with Crippen molar-refractivity contribution in [3.05, 3.63) is 80.0 Å². The number of fused-ring (bicyclic) bond motifs is 1. The van der Waals surface area contributed by atoms with Gasteiger partial charge in [0.15, 0.2) is 5.82 Å². The summed E-state index contributed by atoms with van der Waals surface area (Å²) in [5.74, 6) is 0.460. The van der Waals surface area contributed by atoms with Crippen molar-refractivity contribution < 1.29 is 4.79 Å². The number of carbonyl (C=O) groups excluding carboxylic acids is 1. The highest BCUT2D eigenvalue weighted by Crippen LogP contribution is 2.20. The number of carbonyl (C=O) groups is 1. The zero-order valence-corrected chi connectivity index (χ0v) is 16.0. The van der Waals surface area contributed by atoms with Crippen LogP contribution in [0.2, 0.25) is 5.02 Å². The molecule has 27 heavy (non-hydrogen) atoms. The summed E-state index contributed by atoms with van der Waals surface area (Å²) in [5.41, 5.74) is 0.770. The molecule has 2 heterocycles. The molecule has 2 aromatic carbocycles. The lowest BCUT2D eigenvalue weighted by Crippen LogP contribution is -2.18. The van der Waals surface area contributed by atoms with Crippen LogP contribution in [0.25, 0.3) is 17.2 Å². The van der Waals surface area contributed by atoms with Crippen LogP contribution in [-0.2, 0) is 0 Å². The zero-order valence-electron chi connectivity index (χ0n) is 13.6. The van der Waals surface area contributed by atoms with E-state index in [1.165, 1.54) is 10.6 Å². The maximum atomic E-state index is 12.5. The van der Waals surface area contributed by atoms with E-state index in [9.17, 15) is 9.59 Å². The van der Waals surface area contributed by atoms with Gasteiger partial charge in [0.05, 0.1) is 0 Å². The first-order valence-corrected chi connectivity index (χ1v) is 9.00. The molecule has 0 fully saturated rings. The molecule has 4 aromatic rings. The van der Waals surface area contributed by atoms with E-state index in [1.54, 1.807) is 42.5 Å². The Hall–Kier alpha value is -2.97. The van der Waals surface area contributed by atoms with Gasteiger partial charge in [0.25, 0.3) is 11.5 Å². The van der Waals surface area contributed by atoms with E-state index in [4.69, 9.17) is 11.6 Å². The number of anilines is 1. The van der Waals surface area contributed by atoms with Crippen molar-refractivity contribution in [2.45, 2.75) is 0 Å². The molecule has 2 N–H and O–H groups in total. The van der Waals surface area contributed by atoms with Gasteiger partial charge in [-0.15, -0.1) is 5.10 Å². The average Bonchev–Trinajstić information content (AvgIpc) is 3.06. The minimum Gasteiger partial charge on any atom is -0.306 e. The molecule has 9 heteroatoms. The standard InChI is InChI=1S/C18H11BrClN5O2/c19-12-3-1-2-11(8-12)17(27)21-14-9-15(26)22-18-23-16(24-25(14)18)10-4-6-13(20)7-5-10/h1-9H,(H,21,27)(H,22,23,24,26). The second kappa shape index (κ2) is 6.98. The van der Waals surface area contributed by atoms with E-state index in [0.29, 0.717) is 16.4 Å². The summed E-state index contributed by atoms with van der Waals surface area (Å²) >= 11 is 9.24. The Bertz CT molecular complexity index is 1220. The smallest absolute Gasteiger partial charge is 0.256 e. The number of rotatable bonds is 3. The lowest BCUT2D eigenvalue weighted by Gasteiger charge is -2.06. The van der Waals surface area contributed by atoms with Crippen molar-refractivity contribution in [3.63, 3.8) is 0 Å². The highest BCUT2D eigenvalue weighted by molar-refractivity contribution is 9.10. The van der Waals surface area contributed by atoms with Gasteiger partial charge in [-0.3, -0.25) is 14.6 Å². The van der Waals surface area contributed by atoms with E-state index < -0.39 is 5.56 Å². The lowest BCUT2D eigenvalue weighted by atomic mass is 10.2. The first kappa shape index (κ1) is 17.4. The van der Waals surface area contributed by atoms with Gasteiger partial charge in [-0.05, 0) is 42.5 Å². The van der Waals surface area contributed by atoms with Crippen LogP contribution in [0.1, 0.15) is 10.4 Å². The van der Waals surface area contributed by atoms with Gasteiger partial charge in [0, 0.05) is 26.7 Å². The summed E-state index contributed by atoms with van der Waals surface area (Å²) in [6.45, 7) is 0. The fraction of sp³-hybridized carbons (Fsp3) is 0. The third kappa shape index (κ3) is 3.62. The normalized spacial score (nSPS) is 10.9. The van der Waals surface area contributed by atoms with Gasteiger partial charge in [0.2, 0.25) is 5.78 Å². The number of nitrogens with zero attached hydrogens (tertiary/aromatic N) is 3. The van der Waals surface area contributed by atoms with Crippen molar-refractivity contribution in [1.82, 2.24) is 19.6 Å². The second-order valence-corrected chi connectivity index (χ2v) is 7.01. The topological polar surface area (TPSA) is 92.1 Å². The number of aromatic nitrogens is 4. The van der Waals surface area contributed by atoms with Gasteiger partial charge < -0.3 is 5.32 Å². The average molecular weight is 445 g/mol. The number of benzene rings is 2. The molecule has 0 saturated carbocycles. The van der Waals surface area contributed by atoms with Crippen molar-refractivity contribution >= 4 is 45.0 Å². The van der Waals surface area contributed by atoms with Gasteiger partial charge in [-0.25, -0.2) is 0 Å². The highest BCUT2D eigenvalue weighted by Gasteiger charge is 2.14. The van der Waals surface area contributed by atoms with E-state index in [0.717, 1.165) is 10.0 Å². The van der Waals surface area contributed by atoms with Crippen molar-refractivity contribution in [2.24, 2.45) is 0 Å². The minimum absolute atomic E-state index is 0.214. The first-order chi connectivity index (χ1) is 13.0.